The molecule has 210 valence electrons. The maximum Gasteiger partial charge on any atom is 0.171 e. The van der Waals surface area contributed by atoms with Crippen molar-refractivity contribution in [1.29, 1.82) is 0 Å². The van der Waals surface area contributed by atoms with Crippen LogP contribution < -0.4 is 0 Å². The van der Waals surface area contributed by atoms with Crippen molar-refractivity contribution in [3.63, 3.8) is 0 Å². The Kier molecular flexibility index (Phi) is 9.45. The lowest BCUT2D eigenvalue weighted by Gasteiger charge is -2.65. The number of furan rings is 1. The summed E-state index contributed by atoms with van der Waals surface area (Å²) in [7, 11) is 1.34. The van der Waals surface area contributed by atoms with E-state index in [1.54, 1.807) is 0 Å². The molecule has 43 heavy (non-hydrogen) atoms. The van der Waals surface area contributed by atoms with Gasteiger partial charge in [0.1, 0.15) is 5.76 Å². The van der Waals surface area contributed by atoms with E-state index in [0.717, 1.165) is 44.3 Å². The average Bonchev–Trinajstić information content (AvgIpc) is 3.50. The van der Waals surface area contributed by atoms with E-state index in [-0.39, 0.29) is 11.3 Å². The van der Waals surface area contributed by atoms with E-state index in [1.165, 1.54) is 12.7 Å². The van der Waals surface area contributed by atoms with Crippen LogP contribution in [0.1, 0.15) is 56.3 Å². The van der Waals surface area contributed by atoms with Crippen LogP contribution in [-0.4, -0.2) is 25.1 Å². The van der Waals surface area contributed by atoms with Crippen LogP contribution in [0.3, 0.4) is 0 Å². The van der Waals surface area contributed by atoms with Crippen molar-refractivity contribution in [3.05, 3.63) is 23.7 Å². The molecular weight excluding hydrogens is 536 g/mol. The van der Waals surface area contributed by atoms with E-state index in [9.17, 15) is 5.11 Å². The molecule has 5 rings (SSSR count). The normalized spacial score (nSPS) is 29.7. The fraction of sp³-hybridized carbons (Fsp3) is 0.421. The predicted molar refractivity (Wildman–Crippen MR) is 159 cm³/mol. The minimum absolute atomic E-state index is 0.00215. The van der Waals surface area contributed by atoms with Crippen molar-refractivity contribution >= 4 is 0 Å². The van der Waals surface area contributed by atoms with Crippen molar-refractivity contribution in [1.82, 2.24) is 0 Å². The van der Waals surface area contributed by atoms with Gasteiger partial charge in [0.05, 0.1) is 25.4 Å². The first kappa shape index (κ1) is 29.5. The second-order valence-electron chi connectivity index (χ2n) is 11.0. The molecule has 4 aliphatic rings. The molecular formula is C38H28O5. The largest absolute Gasteiger partial charge is 0.469 e. The van der Waals surface area contributed by atoms with Crippen LogP contribution in [0.2, 0.25) is 0 Å². The Morgan fingerprint density at radius 1 is 0.837 bits per heavy atom. The average molecular weight is 565 g/mol. The number of fused-ring (bicyclic) bond motifs is 2. The Bertz CT molecular complexity index is 1830. The van der Waals surface area contributed by atoms with Gasteiger partial charge in [-0.1, -0.05) is 19.3 Å². The smallest absolute Gasteiger partial charge is 0.171 e. The van der Waals surface area contributed by atoms with Gasteiger partial charge in [0.15, 0.2) is 12.4 Å². The number of hydrogen-bond acceptors (Lipinski definition) is 5. The molecule has 3 fully saturated rings. The SMILES string of the molecule is COOC#CC#CC#CC#CC#CC#CC#CC#CC#CC12CCCC3(COC1O)C1Cc4occc4C(C)C1CCC23. The molecule has 2 bridgehead atoms. The fourth-order valence-electron chi connectivity index (χ4n) is 7.70. The van der Waals surface area contributed by atoms with Gasteiger partial charge in [-0.05, 0) is 108 Å². The Morgan fingerprint density at radius 3 is 2.12 bits per heavy atom. The lowest BCUT2D eigenvalue weighted by Crippen LogP contribution is -2.65. The second kappa shape index (κ2) is 13.8. The molecule has 5 nitrogen and oxygen atoms in total. The highest BCUT2D eigenvalue weighted by molar-refractivity contribution is 5.46. The van der Waals surface area contributed by atoms with Gasteiger partial charge >= 0.3 is 0 Å². The zero-order chi connectivity index (χ0) is 30.0. The lowest BCUT2D eigenvalue weighted by atomic mass is 9.41. The van der Waals surface area contributed by atoms with Crippen LogP contribution in [0, 0.1) is 135 Å². The van der Waals surface area contributed by atoms with Crippen molar-refractivity contribution < 1.29 is 24.0 Å². The molecule has 2 heterocycles. The summed E-state index contributed by atoms with van der Waals surface area (Å²) < 4.78 is 12.1. The second-order valence-corrected chi connectivity index (χ2v) is 11.0. The Balaban J connectivity index is 1.22. The molecule has 5 heteroatoms. The Hall–Kier alpha value is -5.00. The molecule has 0 spiro atoms. The fourth-order valence-corrected chi connectivity index (χ4v) is 7.70. The standard InChI is InChI=1S/C38H28O5/c1-30-31-20-21-35-37(24-19-25-38(35,29-42-36(37)39)33(31)28-34-32(30)22-27-41-34)23-17-15-13-11-9-7-5-3-4-6-8-10-12-14-16-18-26-43-40-2/h22,27,30-31,33,35-36,39H,19-21,24-25,28-29H2,1-2H3. The Labute approximate surface area is 254 Å². The van der Waals surface area contributed by atoms with Crippen LogP contribution in [0.5, 0.6) is 0 Å². The monoisotopic (exact) mass is 564 g/mol. The van der Waals surface area contributed by atoms with E-state index in [0.29, 0.717) is 24.4 Å². The molecule has 1 aliphatic heterocycles. The number of hydrogen-bond donors (Lipinski definition) is 1. The molecule has 7 unspecified atom stereocenters. The van der Waals surface area contributed by atoms with Gasteiger partial charge in [-0.3, -0.25) is 4.89 Å². The van der Waals surface area contributed by atoms with Gasteiger partial charge in [0.2, 0.25) is 0 Å². The molecule has 0 aromatic carbocycles. The van der Waals surface area contributed by atoms with Crippen molar-refractivity contribution in [2.45, 2.75) is 57.7 Å². The zero-order valence-corrected chi connectivity index (χ0v) is 24.1. The first-order valence-corrected chi connectivity index (χ1v) is 14.2. The van der Waals surface area contributed by atoms with Crippen LogP contribution >= 0.6 is 0 Å². The number of ether oxygens (including phenoxy) is 1. The minimum atomic E-state index is -0.912. The van der Waals surface area contributed by atoms with Gasteiger partial charge in [-0.2, -0.15) is 4.89 Å². The first-order valence-electron chi connectivity index (χ1n) is 14.2. The van der Waals surface area contributed by atoms with E-state index >= 15 is 0 Å². The van der Waals surface area contributed by atoms with E-state index in [2.05, 4.69) is 130 Å². The molecule has 3 aliphatic carbocycles. The minimum Gasteiger partial charge on any atom is -0.469 e. The summed E-state index contributed by atoms with van der Waals surface area (Å²) in [5.74, 6) is 47.9. The van der Waals surface area contributed by atoms with Gasteiger partial charge in [-0.25, -0.2) is 0 Å². The van der Waals surface area contributed by atoms with E-state index < -0.39 is 11.7 Å². The van der Waals surface area contributed by atoms with Crippen LogP contribution in [-0.2, 0) is 20.9 Å². The topological polar surface area (TPSA) is 61.1 Å². The molecule has 7 atom stereocenters. The van der Waals surface area contributed by atoms with Crippen LogP contribution in [0.15, 0.2) is 16.7 Å². The molecule has 0 radical (unpaired) electrons. The highest BCUT2D eigenvalue weighted by Crippen LogP contribution is 2.67. The van der Waals surface area contributed by atoms with Gasteiger partial charge in [0, 0.05) is 59.2 Å². The van der Waals surface area contributed by atoms with Crippen molar-refractivity contribution in [2.24, 2.45) is 28.6 Å². The summed E-state index contributed by atoms with van der Waals surface area (Å²) >= 11 is 0. The third-order valence-electron chi connectivity index (χ3n) is 9.27. The van der Waals surface area contributed by atoms with Crippen molar-refractivity contribution in [2.75, 3.05) is 13.7 Å². The Morgan fingerprint density at radius 2 is 1.47 bits per heavy atom. The lowest BCUT2D eigenvalue weighted by molar-refractivity contribution is -0.295. The maximum absolute atomic E-state index is 11.1. The number of aliphatic hydroxyl groups excluding tert-OH is 1. The van der Waals surface area contributed by atoms with E-state index in [4.69, 9.17) is 9.15 Å². The molecule has 2 saturated carbocycles. The molecule has 0 amide bonds. The number of rotatable bonds is 1. The molecule has 1 aromatic rings. The molecule has 1 N–H and O–H groups in total. The molecule has 1 aromatic heterocycles. The van der Waals surface area contributed by atoms with Crippen LogP contribution in [0.25, 0.3) is 0 Å². The third kappa shape index (κ3) is 6.13. The summed E-state index contributed by atoms with van der Waals surface area (Å²) in [6, 6.07) is 2.14. The third-order valence-corrected chi connectivity index (χ3v) is 9.27. The summed E-state index contributed by atoms with van der Waals surface area (Å²) in [5, 5.41) is 11.1. The highest BCUT2D eigenvalue weighted by Gasteiger charge is 2.66. The van der Waals surface area contributed by atoms with Gasteiger partial charge in [0.25, 0.3) is 0 Å². The summed E-state index contributed by atoms with van der Waals surface area (Å²) in [5.41, 5.74) is 0.746. The first-order chi connectivity index (χ1) is 21.1. The summed E-state index contributed by atoms with van der Waals surface area (Å²) in [4.78, 5) is 8.61. The van der Waals surface area contributed by atoms with E-state index in [1.807, 2.05) is 6.26 Å². The molecule has 1 saturated heterocycles. The maximum atomic E-state index is 11.1. The number of aliphatic hydroxyl groups is 1. The van der Waals surface area contributed by atoms with Crippen LogP contribution in [0.4, 0.5) is 0 Å². The van der Waals surface area contributed by atoms with Crippen molar-refractivity contribution in [3.8, 4) is 107 Å². The van der Waals surface area contributed by atoms with Gasteiger partial charge < -0.3 is 14.3 Å². The van der Waals surface area contributed by atoms with Gasteiger partial charge in [-0.15, -0.1) is 0 Å². The quantitative estimate of drug-likeness (QED) is 0.321. The predicted octanol–water partition coefficient (Wildman–Crippen LogP) is 3.65. The zero-order valence-electron chi connectivity index (χ0n) is 24.1. The summed E-state index contributed by atoms with van der Waals surface area (Å²) in [6.45, 7) is 2.92. The highest BCUT2D eigenvalue weighted by atomic mass is 17.2. The summed E-state index contributed by atoms with van der Waals surface area (Å²) in [6.07, 6.45) is 9.16.